The molecule has 0 unspecified atom stereocenters. The van der Waals surface area contributed by atoms with Gasteiger partial charge in [-0.15, -0.1) is 0 Å². The summed E-state index contributed by atoms with van der Waals surface area (Å²) in [6.45, 7) is 1.55. The van der Waals surface area contributed by atoms with E-state index in [1.54, 1.807) is 18.2 Å². The van der Waals surface area contributed by atoms with E-state index in [1.165, 1.54) is 36.3 Å². The Bertz CT molecular complexity index is 1140. The Morgan fingerprint density at radius 3 is 2.73 bits per heavy atom. The highest BCUT2D eigenvalue weighted by Crippen LogP contribution is 2.34. The standard InChI is InChI=1S/C23H27N3O6S/c1-31-21-11-10-17(14-20(21)26-12-4-9-22(26)27)33(29,30)25-19-8-3-2-7-18(19)23(28)24-15-16-6-5-13-32-16/h2-3,7-8,10-11,14,16,25H,4-6,9,12-13,15H2,1H3,(H,24,28)/t16-/m1/s1. The van der Waals surface area contributed by atoms with E-state index in [-0.39, 0.29) is 34.1 Å². The van der Waals surface area contributed by atoms with E-state index in [0.717, 1.165) is 12.8 Å². The van der Waals surface area contributed by atoms with Crippen molar-refractivity contribution in [2.45, 2.75) is 36.7 Å². The number of benzene rings is 2. The van der Waals surface area contributed by atoms with E-state index in [1.807, 2.05) is 0 Å². The third kappa shape index (κ3) is 5.12. The fourth-order valence-electron chi connectivity index (χ4n) is 4.03. The molecular weight excluding hydrogens is 446 g/mol. The molecule has 2 N–H and O–H groups in total. The molecule has 10 heteroatoms. The van der Waals surface area contributed by atoms with Crippen molar-refractivity contribution in [2.24, 2.45) is 0 Å². The number of nitrogens with zero attached hydrogens (tertiary/aromatic N) is 1. The fourth-order valence-corrected chi connectivity index (χ4v) is 5.13. The van der Waals surface area contributed by atoms with Gasteiger partial charge in [-0.25, -0.2) is 8.42 Å². The summed E-state index contributed by atoms with van der Waals surface area (Å²) in [7, 11) is -2.57. The first kappa shape index (κ1) is 23.1. The van der Waals surface area contributed by atoms with E-state index in [0.29, 0.717) is 44.0 Å². The summed E-state index contributed by atoms with van der Waals surface area (Å²) in [4.78, 5) is 26.5. The maximum absolute atomic E-state index is 13.2. The number of anilines is 2. The molecule has 1 atom stereocenters. The van der Waals surface area contributed by atoms with E-state index >= 15 is 0 Å². The smallest absolute Gasteiger partial charge is 0.261 e. The molecular formula is C23H27N3O6S. The van der Waals surface area contributed by atoms with Gasteiger partial charge in [0.05, 0.1) is 35.0 Å². The first-order valence-corrected chi connectivity index (χ1v) is 12.4. The van der Waals surface area contributed by atoms with Crippen molar-refractivity contribution in [3.63, 3.8) is 0 Å². The Labute approximate surface area is 193 Å². The molecule has 176 valence electrons. The summed E-state index contributed by atoms with van der Waals surface area (Å²) in [5, 5.41) is 2.81. The molecule has 2 amide bonds. The van der Waals surface area contributed by atoms with Gasteiger partial charge in [0, 0.05) is 26.1 Å². The SMILES string of the molecule is COc1ccc(S(=O)(=O)Nc2ccccc2C(=O)NC[C@H]2CCCO2)cc1N1CCCC1=O. The highest BCUT2D eigenvalue weighted by atomic mass is 32.2. The maximum Gasteiger partial charge on any atom is 0.261 e. The van der Waals surface area contributed by atoms with Crippen LogP contribution in [0.3, 0.4) is 0 Å². The number of hydrogen-bond donors (Lipinski definition) is 2. The van der Waals surface area contributed by atoms with Gasteiger partial charge in [0.1, 0.15) is 5.75 Å². The molecule has 2 saturated heterocycles. The first-order valence-electron chi connectivity index (χ1n) is 10.9. The molecule has 0 aliphatic carbocycles. The van der Waals surface area contributed by atoms with Crippen LogP contribution in [0.1, 0.15) is 36.0 Å². The number of amides is 2. The number of hydrogen-bond acceptors (Lipinski definition) is 6. The number of carbonyl (C=O) groups is 2. The van der Waals surface area contributed by atoms with Crippen molar-refractivity contribution in [1.29, 1.82) is 0 Å². The maximum atomic E-state index is 13.2. The third-order valence-electron chi connectivity index (χ3n) is 5.76. The number of carbonyl (C=O) groups excluding carboxylic acids is 2. The minimum atomic E-state index is -4.04. The lowest BCUT2D eigenvalue weighted by Gasteiger charge is -2.20. The van der Waals surface area contributed by atoms with Crippen LogP contribution in [0.2, 0.25) is 0 Å². The van der Waals surface area contributed by atoms with E-state index < -0.39 is 10.0 Å². The molecule has 2 aromatic carbocycles. The summed E-state index contributed by atoms with van der Waals surface area (Å²) in [6.07, 6.45) is 2.93. The highest BCUT2D eigenvalue weighted by Gasteiger charge is 2.27. The topological polar surface area (TPSA) is 114 Å². The summed E-state index contributed by atoms with van der Waals surface area (Å²) < 4.78 is 39.7. The van der Waals surface area contributed by atoms with Crippen LogP contribution in [0.4, 0.5) is 11.4 Å². The van der Waals surface area contributed by atoms with Crippen LogP contribution in [-0.4, -0.2) is 53.1 Å². The predicted molar refractivity (Wildman–Crippen MR) is 123 cm³/mol. The first-order chi connectivity index (χ1) is 15.9. The van der Waals surface area contributed by atoms with Crippen LogP contribution in [-0.2, 0) is 19.6 Å². The summed E-state index contributed by atoms with van der Waals surface area (Å²) in [5.74, 6) is -0.0518. The molecule has 2 aromatic rings. The van der Waals surface area contributed by atoms with Crippen molar-refractivity contribution < 1.29 is 27.5 Å². The summed E-state index contributed by atoms with van der Waals surface area (Å²) in [5.41, 5.74) is 0.782. The Morgan fingerprint density at radius 2 is 2.03 bits per heavy atom. The van der Waals surface area contributed by atoms with Gasteiger partial charge >= 0.3 is 0 Å². The van der Waals surface area contributed by atoms with Crippen molar-refractivity contribution in [3.05, 3.63) is 48.0 Å². The van der Waals surface area contributed by atoms with Crippen LogP contribution in [0.25, 0.3) is 0 Å². The molecule has 2 fully saturated rings. The lowest BCUT2D eigenvalue weighted by atomic mass is 10.1. The Balaban J connectivity index is 1.57. The van der Waals surface area contributed by atoms with E-state index in [4.69, 9.17) is 9.47 Å². The molecule has 4 rings (SSSR count). The summed E-state index contributed by atoms with van der Waals surface area (Å²) in [6, 6.07) is 10.8. The fraction of sp³-hybridized carbons (Fsp3) is 0.391. The van der Waals surface area contributed by atoms with Crippen molar-refractivity contribution >= 4 is 33.2 Å². The third-order valence-corrected chi connectivity index (χ3v) is 7.12. The Morgan fingerprint density at radius 1 is 1.21 bits per heavy atom. The normalized spacial score (nSPS) is 18.4. The van der Waals surface area contributed by atoms with Crippen LogP contribution >= 0.6 is 0 Å². The quantitative estimate of drug-likeness (QED) is 0.609. The lowest BCUT2D eigenvalue weighted by Crippen LogP contribution is -2.32. The molecule has 2 aliphatic heterocycles. The lowest BCUT2D eigenvalue weighted by molar-refractivity contribution is -0.117. The molecule has 9 nitrogen and oxygen atoms in total. The number of para-hydroxylation sites is 1. The molecule has 2 heterocycles. The second-order valence-electron chi connectivity index (χ2n) is 7.98. The van der Waals surface area contributed by atoms with Gasteiger partial charge < -0.3 is 19.7 Å². The van der Waals surface area contributed by atoms with Crippen molar-refractivity contribution in [2.75, 3.05) is 36.4 Å². The molecule has 0 radical (unpaired) electrons. The second kappa shape index (κ2) is 9.80. The zero-order valence-electron chi connectivity index (χ0n) is 18.4. The van der Waals surface area contributed by atoms with Gasteiger partial charge in [0.15, 0.2) is 0 Å². The minimum absolute atomic E-state index is 0.0242. The molecule has 0 aromatic heterocycles. The average Bonchev–Trinajstić information content (AvgIpc) is 3.49. The van der Waals surface area contributed by atoms with E-state index in [9.17, 15) is 18.0 Å². The van der Waals surface area contributed by atoms with Gasteiger partial charge in [0.2, 0.25) is 5.91 Å². The van der Waals surface area contributed by atoms with Gasteiger partial charge in [-0.1, -0.05) is 12.1 Å². The molecule has 0 bridgehead atoms. The largest absolute Gasteiger partial charge is 0.495 e. The average molecular weight is 474 g/mol. The molecule has 2 aliphatic rings. The van der Waals surface area contributed by atoms with Crippen LogP contribution in [0.15, 0.2) is 47.4 Å². The van der Waals surface area contributed by atoms with Crippen molar-refractivity contribution in [3.8, 4) is 5.75 Å². The van der Waals surface area contributed by atoms with Crippen LogP contribution in [0.5, 0.6) is 5.75 Å². The van der Waals surface area contributed by atoms with Gasteiger partial charge in [-0.2, -0.15) is 0 Å². The zero-order valence-corrected chi connectivity index (χ0v) is 19.2. The number of rotatable bonds is 8. The molecule has 0 spiro atoms. The van der Waals surface area contributed by atoms with E-state index in [2.05, 4.69) is 10.0 Å². The molecule has 0 saturated carbocycles. The minimum Gasteiger partial charge on any atom is -0.495 e. The predicted octanol–water partition coefficient (Wildman–Crippen LogP) is 2.53. The van der Waals surface area contributed by atoms with Crippen LogP contribution < -0.4 is 19.7 Å². The highest BCUT2D eigenvalue weighted by molar-refractivity contribution is 7.92. The Hall–Kier alpha value is -3.11. The zero-order chi connectivity index (χ0) is 23.4. The summed E-state index contributed by atoms with van der Waals surface area (Å²) >= 11 is 0. The number of methoxy groups -OCH3 is 1. The van der Waals surface area contributed by atoms with Gasteiger partial charge in [-0.3, -0.25) is 14.3 Å². The van der Waals surface area contributed by atoms with Gasteiger partial charge in [-0.05, 0) is 49.6 Å². The second-order valence-corrected chi connectivity index (χ2v) is 9.66. The number of ether oxygens (including phenoxy) is 2. The van der Waals surface area contributed by atoms with Crippen LogP contribution in [0, 0.1) is 0 Å². The Kier molecular flexibility index (Phi) is 6.85. The van der Waals surface area contributed by atoms with Gasteiger partial charge in [0.25, 0.3) is 15.9 Å². The number of nitrogens with one attached hydrogen (secondary N) is 2. The molecule has 33 heavy (non-hydrogen) atoms. The number of sulfonamides is 1. The van der Waals surface area contributed by atoms with Crippen molar-refractivity contribution in [1.82, 2.24) is 5.32 Å². The monoisotopic (exact) mass is 473 g/mol.